The van der Waals surface area contributed by atoms with E-state index in [2.05, 4.69) is 16.3 Å². The van der Waals surface area contributed by atoms with E-state index in [4.69, 9.17) is 11.5 Å². The Labute approximate surface area is 115 Å². The number of aliphatic carboxylic acids is 1. The second-order valence-electron chi connectivity index (χ2n) is 4.26. The van der Waals surface area contributed by atoms with E-state index in [9.17, 15) is 9.59 Å². The summed E-state index contributed by atoms with van der Waals surface area (Å²) in [5.74, 6) is 0.506. The van der Waals surface area contributed by atoms with Gasteiger partial charge in [0, 0.05) is 18.9 Å². The van der Waals surface area contributed by atoms with Crippen molar-refractivity contribution in [3.63, 3.8) is 0 Å². The highest BCUT2D eigenvalue weighted by molar-refractivity contribution is 6.05. The van der Waals surface area contributed by atoms with Crippen LogP contribution >= 0.6 is 0 Å². The van der Waals surface area contributed by atoms with Crippen LogP contribution < -0.4 is 5.32 Å². The molecule has 0 radical (unpaired) electrons. The number of fused-ring (bicyclic) bond motifs is 1. The normalized spacial score (nSPS) is 11.8. The fourth-order valence-corrected chi connectivity index (χ4v) is 1.93. The van der Waals surface area contributed by atoms with Gasteiger partial charge in [-0.25, -0.2) is 4.79 Å². The molecule has 0 saturated heterocycles. The minimum atomic E-state index is -1.17. The Morgan fingerprint density at radius 3 is 2.85 bits per heavy atom. The van der Waals surface area contributed by atoms with Crippen LogP contribution in [-0.4, -0.2) is 32.8 Å². The maximum atomic E-state index is 12.1. The van der Waals surface area contributed by atoms with Gasteiger partial charge in [-0.2, -0.15) is 5.10 Å². The summed E-state index contributed by atoms with van der Waals surface area (Å²) in [6.45, 7) is 0. The number of rotatable bonds is 4. The molecule has 0 bridgehead atoms. The molecule has 2 aromatic rings. The van der Waals surface area contributed by atoms with Crippen LogP contribution in [0.15, 0.2) is 24.3 Å². The van der Waals surface area contributed by atoms with E-state index in [1.807, 2.05) is 12.1 Å². The molecule has 0 aliphatic heterocycles. The molecule has 0 aliphatic carbocycles. The number of benzene rings is 1. The highest BCUT2D eigenvalue weighted by Gasteiger charge is 2.22. The molecule has 1 unspecified atom stereocenters. The summed E-state index contributed by atoms with van der Waals surface area (Å²) in [6.07, 6.45) is 5.01. The molecule has 0 aliphatic rings. The van der Waals surface area contributed by atoms with Crippen LogP contribution in [0.3, 0.4) is 0 Å². The minimum absolute atomic E-state index is 0.0775. The molecule has 1 heterocycles. The van der Waals surface area contributed by atoms with Crippen molar-refractivity contribution in [2.75, 3.05) is 0 Å². The van der Waals surface area contributed by atoms with Crippen LogP contribution in [0, 0.1) is 12.3 Å². The molecular weight excluding hydrogens is 258 g/mol. The zero-order valence-electron chi connectivity index (χ0n) is 10.8. The largest absolute Gasteiger partial charge is 0.480 e. The Balaban J connectivity index is 2.32. The van der Waals surface area contributed by atoms with Gasteiger partial charge >= 0.3 is 5.97 Å². The minimum Gasteiger partial charge on any atom is -0.480 e. The van der Waals surface area contributed by atoms with Crippen LogP contribution in [-0.2, 0) is 11.8 Å². The van der Waals surface area contributed by atoms with Gasteiger partial charge in [0.25, 0.3) is 5.91 Å². The number of hydrogen-bond acceptors (Lipinski definition) is 3. The van der Waals surface area contributed by atoms with Crippen molar-refractivity contribution in [2.45, 2.75) is 12.5 Å². The average Bonchev–Trinajstić information content (AvgIpc) is 2.76. The number of terminal acetylenes is 1. The predicted octanol–water partition coefficient (Wildman–Crippen LogP) is 0.780. The van der Waals surface area contributed by atoms with Gasteiger partial charge in [0.1, 0.15) is 6.04 Å². The van der Waals surface area contributed by atoms with Gasteiger partial charge in [-0.15, -0.1) is 12.3 Å². The van der Waals surface area contributed by atoms with Crippen LogP contribution in [0.25, 0.3) is 10.9 Å². The smallest absolute Gasteiger partial charge is 0.327 e. The van der Waals surface area contributed by atoms with Crippen molar-refractivity contribution in [2.24, 2.45) is 7.05 Å². The van der Waals surface area contributed by atoms with Crippen molar-refractivity contribution in [3.05, 3.63) is 30.0 Å². The fourth-order valence-electron chi connectivity index (χ4n) is 1.93. The molecule has 20 heavy (non-hydrogen) atoms. The lowest BCUT2D eigenvalue weighted by atomic mass is 10.1. The summed E-state index contributed by atoms with van der Waals surface area (Å²) in [5.41, 5.74) is 0.979. The molecule has 0 fully saturated rings. The molecule has 0 spiro atoms. The second-order valence-corrected chi connectivity index (χ2v) is 4.26. The Morgan fingerprint density at radius 2 is 2.20 bits per heavy atom. The molecule has 1 atom stereocenters. The first-order chi connectivity index (χ1) is 9.54. The zero-order valence-corrected chi connectivity index (χ0v) is 10.8. The van der Waals surface area contributed by atoms with Gasteiger partial charge in [-0.1, -0.05) is 18.2 Å². The van der Waals surface area contributed by atoms with Crippen molar-refractivity contribution < 1.29 is 14.7 Å². The topological polar surface area (TPSA) is 84.2 Å². The summed E-state index contributed by atoms with van der Waals surface area (Å²) in [7, 11) is 1.72. The van der Waals surface area contributed by atoms with Gasteiger partial charge in [0.15, 0.2) is 5.69 Å². The van der Waals surface area contributed by atoms with Gasteiger partial charge in [-0.05, 0) is 6.07 Å². The van der Waals surface area contributed by atoms with Gasteiger partial charge in [0.05, 0.1) is 5.52 Å². The number of aryl methyl sites for hydroxylation is 1. The highest BCUT2D eigenvalue weighted by Crippen LogP contribution is 2.17. The Bertz CT molecular complexity index is 712. The third-order valence-corrected chi connectivity index (χ3v) is 2.90. The lowest BCUT2D eigenvalue weighted by molar-refractivity contribution is -0.139. The highest BCUT2D eigenvalue weighted by atomic mass is 16.4. The van der Waals surface area contributed by atoms with E-state index in [1.165, 1.54) is 0 Å². The van der Waals surface area contributed by atoms with Crippen molar-refractivity contribution >= 4 is 22.8 Å². The zero-order chi connectivity index (χ0) is 14.7. The summed E-state index contributed by atoms with van der Waals surface area (Å²) < 4.78 is 1.57. The molecule has 6 nitrogen and oxygen atoms in total. The second kappa shape index (κ2) is 5.45. The van der Waals surface area contributed by atoms with Crippen molar-refractivity contribution in [1.29, 1.82) is 0 Å². The number of carboxylic acids is 1. The summed E-state index contributed by atoms with van der Waals surface area (Å²) in [5, 5.41) is 16.2. The maximum Gasteiger partial charge on any atom is 0.327 e. The molecule has 1 aromatic carbocycles. The molecule has 1 aromatic heterocycles. The molecule has 0 saturated carbocycles. The first-order valence-electron chi connectivity index (χ1n) is 5.93. The monoisotopic (exact) mass is 271 g/mol. The van der Waals surface area contributed by atoms with E-state index in [0.717, 1.165) is 5.52 Å². The molecule has 6 heteroatoms. The maximum absolute atomic E-state index is 12.1. The number of carbonyl (C=O) groups is 2. The summed E-state index contributed by atoms with van der Waals surface area (Å²) >= 11 is 0. The predicted molar refractivity (Wildman–Crippen MR) is 73.1 cm³/mol. The Hall–Kier alpha value is -2.81. The van der Waals surface area contributed by atoms with Gasteiger partial charge in [-0.3, -0.25) is 9.48 Å². The average molecular weight is 271 g/mol. The molecule has 2 rings (SSSR count). The molecule has 2 N–H and O–H groups in total. The molecule has 1 amide bonds. The number of hydrogen-bond donors (Lipinski definition) is 2. The number of amides is 1. The lowest BCUT2D eigenvalue weighted by Crippen LogP contribution is -2.40. The van der Waals surface area contributed by atoms with E-state index in [-0.39, 0.29) is 12.1 Å². The number of carboxylic acid groups (broad SMARTS) is 1. The molecule has 102 valence electrons. The van der Waals surface area contributed by atoms with E-state index in [1.54, 1.807) is 23.9 Å². The molecular formula is C14H13N3O3. The van der Waals surface area contributed by atoms with Gasteiger partial charge < -0.3 is 10.4 Å². The summed E-state index contributed by atoms with van der Waals surface area (Å²) in [6, 6.07) is 6.10. The summed E-state index contributed by atoms with van der Waals surface area (Å²) in [4.78, 5) is 23.1. The number of carbonyl (C=O) groups excluding carboxylic acids is 1. The van der Waals surface area contributed by atoms with Crippen molar-refractivity contribution in [3.8, 4) is 12.3 Å². The standard InChI is InChI=1S/C14H13N3O3/c1-3-6-10(14(19)20)15-13(18)12-9-7-4-5-8-11(9)17(2)16-12/h1,4-5,7-8,10H,6H2,2H3,(H,15,18)(H,19,20). The Kier molecular flexibility index (Phi) is 3.71. The SMILES string of the molecule is C#CCC(NC(=O)c1nn(C)c2ccccc12)C(=O)O. The third-order valence-electron chi connectivity index (χ3n) is 2.90. The number of nitrogens with one attached hydrogen (secondary N) is 1. The first-order valence-corrected chi connectivity index (χ1v) is 5.93. The number of para-hydroxylation sites is 1. The third kappa shape index (κ3) is 2.47. The number of aromatic nitrogens is 2. The van der Waals surface area contributed by atoms with E-state index in [0.29, 0.717) is 5.39 Å². The van der Waals surface area contributed by atoms with Crippen LogP contribution in [0.5, 0.6) is 0 Å². The van der Waals surface area contributed by atoms with E-state index >= 15 is 0 Å². The van der Waals surface area contributed by atoms with Crippen LogP contribution in [0.2, 0.25) is 0 Å². The fraction of sp³-hybridized carbons (Fsp3) is 0.214. The van der Waals surface area contributed by atoms with Crippen molar-refractivity contribution in [1.82, 2.24) is 15.1 Å². The number of nitrogens with zero attached hydrogens (tertiary/aromatic N) is 2. The quantitative estimate of drug-likeness (QED) is 0.805. The van der Waals surface area contributed by atoms with Gasteiger partial charge in [0.2, 0.25) is 0 Å². The van der Waals surface area contributed by atoms with Crippen LogP contribution in [0.1, 0.15) is 16.9 Å². The first kappa shape index (κ1) is 13.6. The van der Waals surface area contributed by atoms with Crippen LogP contribution in [0.4, 0.5) is 0 Å². The lowest BCUT2D eigenvalue weighted by Gasteiger charge is -2.10. The Morgan fingerprint density at radius 1 is 1.50 bits per heavy atom. The van der Waals surface area contributed by atoms with E-state index < -0.39 is 17.9 Å².